The Morgan fingerprint density at radius 1 is 0.897 bits per heavy atom. The Bertz CT molecular complexity index is 619. The fourth-order valence-electron chi connectivity index (χ4n) is 4.27. The van der Waals surface area contributed by atoms with Gasteiger partial charge in [-0.1, -0.05) is 13.8 Å². The van der Waals surface area contributed by atoms with Gasteiger partial charge in [0, 0.05) is 0 Å². The Kier molecular flexibility index (Phi) is 6.20. The molecule has 0 radical (unpaired) electrons. The number of hydrogen-bond donors (Lipinski definition) is 0. The first-order valence-electron chi connectivity index (χ1n) is 8.90. The number of alkyl halides is 10. The van der Waals surface area contributed by atoms with Crippen molar-refractivity contribution in [1.29, 1.82) is 0 Å². The second-order valence-corrected chi connectivity index (χ2v) is 8.04. The Balaban J connectivity index is 2.02. The first-order valence-corrected chi connectivity index (χ1v) is 8.90. The molecule has 12 heteroatoms. The zero-order valence-electron chi connectivity index (χ0n) is 15.4. The van der Waals surface area contributed by atoms with Crippen molar-refractivity contribution in [2.75, 3.05) is 6.61 Å². The fourth-order valence-corrected chi connectivity index (χ4v) is 4.27. The van der Waals surface area contributed by atoms with Crippen molar-refractivity contribution in [3.8, 4) is 0 Å². The van der Waals surface area contributed by atoms with Gasteiger partial charge in [0.1, 0.15) is 0 Å². The van der Waals surface area contributed by atoms with Crippen LogP contribution >= 0.6 is 0 Å². The molecule has 0 N–H and O–H groups in total. The fraction of sp³-hybridized carbons (Fsp3) is 0.941. The second kappa shape index (κ2) is 7.47. The predicted molar refractivity (Wildman–Crippen MR) is 79.4 cm³/mol. The summed E-state index contributed by atoms with van der Waals surface area (Å²) in [6.07, 6.45) is -7.62. The molecule has 5 atom stereocenters. The normalized spacial score (nSPS) is 30.9. The quantitative estimate of drug-likeness (QED) is 0.356. The summed E-state index contributed by atoms with van der Waals surface area (Å²) in [5, 5.41) is 0. The summed E-state index contributed by atoms with van der Waals surface area (Å²) in [6, 6.07) is 0. The molecule has 0 heterocycles. The van der Waals surface area contributed by atoms with Gasteiger partial charge in [-0.3, -0.25) is 4.79 Å². The van der Waals surface area contributed by atoms with Crippen molar-refractivity contribution in [1.82, 2.24) is 0 Å². The van der Waals surface area contributed by atoms with Crippen LogP contribution in [0.25, 0.3) is 0 Å². The number of esters is 1. The molecule has 29 heavy (non-hydrogen) atoms. The minimum atomic E-state index is -6.24. The van der Waals surface area contributed by atoms with E-state index < -0.39 is 55.0 Å². The molecule has 2 bridgehead atoms. The van der Waals surface area contributed by atoms with Gasteiger partial charge in [0.15, 0.2) is 6.61 Å². The minimum Gasteiger partial charge on any atom is -0.459 e. The van der Waals surface area contributed by atoms with E-state index in [2.05, 4.69) is 4.74 Å². The summed E-state index contributed by atoms with van der Waals surface area (Å²) in [5.41, 5.74) is 0. The Morgan fingerprint density at radius 2 is 1.45 bits per heavy atom. The van der Waals surface area contributed by atoms with Crippen LogP contribution < -0.4 is 0 Å². The van der Waals surface area contributed by atoms with Crippen molar-refractivity contribution in [3.05, 3.63) is 0 Å². The van der Waals surface area contributed by atoms with Crippen LogP contribution in [-0.2, 0) is 9.53 Å². The summed E-state index contributed by atoms with van der Waals surface area (Å²) < 4.78 is 135. The van der Waals surface area contributed by atoms with Crippen molar-refractivity contribution < 1.29 is 53.4 Å². The van der Waals surface area contributed by atoms with Crippen LogP contribution in [0.3, 0.4) is 0 Å². The van der Waals surface area contributed by atoms with Crippen molar-refractivity contribution in [3.63, 3.8) is 0 Å². The van der Waals surface area contributed by atoms with E-state index in [1.54, 1.807) is 0 Å². The van der Waals surface area contributed by atoms with Crippen LogP contribution in [0.2, 0.25) is 0 Å². The first-order chi connectivity index (χ1) is 12.9. The minimum absolute atomic E-state index is 0.0727. The highest BCUT2D eigenvalue weighted by molar-refractivity contribution is 5.73. The van der Waals surface area contributed by atoms with Gasteiger partial charge < -0.3 is 4.74 Å². The number of carbonyl (C=O) groups is 1. The summed E-state index contributed by atoms with van der Waals surface area (Å²) in [5.74, 6) is -25.3. The molecule has 2 saturated carbocycles. The van der Waals surface area contributed by atoms with Crippen molar-refractivity contribution in [2.24, 2.45) is 29.6 Å². The molecule has 2 aliphatic rings. The van der Waals surface area contributed by atoms with Crippen LogP contribution in [0.4, 0.5) is 43.9 Å². The lowest BCUT2D eigenvalue weighted by molar-refractivity contribution is -0.310. The highest BCUT2D eigenvalue weighted by Crippen LogP contribution is 2.55. The third-order valence-electron chi connectivity index (χ3n) is 6.34. The maximum atomic E-state index is 13.7. The van der Waals surface area contributed by atoms with Gasteiger partial charge >= 0.3 is 36.1 Å². The molecule has 5 unspecified atom stereocenters. The SMILES string of the molecule is CC1C2CC(C(=O)OCC(F)(F)C(F)(F)CC(F)(F)C(F)(F)C(F)F)C(C2)C1C. The molecule has 2 fully saturated rings. The van der Waals surface area contributed by atoms with E-state index >= 15 is 0 Å². The average molecular weight is 446 g/mol. The standard InChI is InChI=1S/C17H20F10O2/c1-7-8(2)10-3-9(7)4-11(10)12(28)29-6-16(24,25)14(20,21)5-15(22,23)17(26,27)13(18)19/h7-11,13H,3-6H2,1-2H3. The molecule has 0 aromatic heterocycles. The molecule has 2 aliphatic carbocycles. The molecule has 0 amide bonds. The molecule has 0 aliphatic heterocycles. The van der Waals surface area contributed by atoms with E-state index in [4.69, 9.17) is 0 Å². The lowest BCUT2D eigenvalue weighted by atomic mass is 9.76. The van der Waals surface area contributed by atoms with E-state index in [9.17, 15) is 48.7 Å². The summed E-state index contributed by atoms with van der Waals surface area (Å²) in [7, 11) is 0. The van der Waals surface area contributed by atoms with Gasteiger partial charge in [0.2, 0.25) is 0 Å². The van der Waals surface area contributed by atoms with Gasteiger partial charge in [-0.05, 0) is 36.5 Å². The Morgan fingerprint density at radius 3 is 1.90 bits per heavy atom. The molecule has 2 rings (SSSR count). The van der Waals surface area contributed by atoms with Gasteiger partial charge in [0.25, 0.3) is 0 Å². The highest BCUT2D eigenvalue weighted by atomic mass is 19.3. The summed E-state index contributed by atoms with van der Waals surface area (Å²) in [6.45, 7) is 1.48. The largest absolute Gasteiger partial charge is 0.459 e. The van der Waals surface area contributed by atoms with Crippen LogP contribution in [0.15, 0.2) is 0 Å². The van der Waals surface area contributed by atoms with Crippen LogP contribution in [0.1, 0.15) is 33.1 Å². The first kappa shape index (κ1) is 24.0. The van der Waals surface area contributed by atoms with E-state index in [-0.39, 0.29) is 23.7 Å². The molecule has 2 nitrogen and oxygen atoms in total. The highest BCUT2D eigenvalue weighted by Gasteiger charge is 2.70. The molecule has 0 aromatic rings. The van der Waals surface area contributed by atoms with Gasteiger partial charge in [-0.25, -0.2) is 8.78 Å². The molecule has 0 aromatic carbocycles. The maximum absolute atomic E-state index is 13.7. The smallest absolute Gasteiger partial charge is 0.369 e. The molecule has 0 saturated heterocycles. The van der Waals surface area contributed by atoms with E-state index in [1.807, 2.05) is 13.8 Å². The number of halogens is 10. The zero-order chi connectivity index (χ0) is 22.6. The van der Waals surface area contributed by atoms with Crippen LogP contribution in [0, 0.1) is 29.6 Å². The predicted octanol–water partition coefficient (Wildman–Crippen LogP) is 5.65. The van der Waals surface area contributed by atoms with Gasteiger partial charge in [-0.15, -0.1) is 0 Å². The number of carbonyl (C=O) groups excluding carboxylic acids is 1. The molecule has 0 spiro atoms. The van der Waals surface area contributed by atoms with E-state index in [0.29, 0.717) is 12.8 Å². The van der Waals surface area contributed by atoms with Gasteiger partial charge in [-0.2, -0.15) is 35.1 Å². The monoisotopic (exact) mass is 446 g/mol. The number of rotatable bonds is 8. The average Bonchev–Trinajstić information content (AvgIpc) is 3.11. The van der Waals surface area contributed by atoms with Crippen molar-refractivity contribution in [2.45, 2.75) is 63.2 Å². The van der Waals surface area contributed by atoms with E-state index in [0.717, 1.165) is 0 Å². The number of ether oxygens (including phenoxy) is 1. The number of fused-ring (bicyclic) bond motifs is 2. The van der Waals surface area contributed by atoms with Gasteiger partial charge in [0.05, 0.1) is 12.3 Å². The third-order valence-corrected chi connectivity index (χ3v) is 6.34. The molecule has 170 valence electrons. The third kappa shape index (κ3) is 4.17. The lowest BCUT2D eigenvalue weighted by Gasteiger charge is -2.33. The zero-order valence-corrected chi connectivity index (χ0v) is 15.4. The maximum Gasteiger partial charge on any atom is 0.369 e. The topological polar surface area (TPSA) is 26.3 Å². The molecular weight excluding hydrogens is 426 g/mol. The van der Waals surface area contributed by atoms with E-state index in [1.165, 1.54) is 0 Å². The summed E-state index contributed by atoms with van der Waals surface area (Å²) in [4.78, 5) is 12.0. The lowest BCUT2D eigenvalue weighted by Crippen LogP contribution is -2.54. The van der Waals surface area contributed by atoms with Crippen LogP contribution in [0.5, 0.6) is 0 Å². The second-order valence-electron chi connectivity index (χ2n) is 8.04. The van der Waals surface area contributed by atoms with Crippen LogP contribution in [-0.4, -0.2) is 42.7 Å². The molecular formula is C17H20F10O2. The van der Waals surface area contributed by atoms with Crippen molar-refractivity contribution >= 4 is 5.97 Å². The Labute approximate surface area is 159 Å². The Hall–Kier alpha value is -1.23. The summed E-state index contributed by atoms with van der Waals surface area (Å²) >= 11 is 0. The number of hydrogen-bond acceptors (Lipinski definition) is 2.